The van der Waals surface area contributed by atoms with E-state index in [9.17, 15) is 8.42 Å². The highest BCUT2D eigenvalue weighted by Gasteiger charge is 2.28. The zero-order chi connectivity index (χ0) is 17.7. The summed E-state index contributed by atoms with van der Waals surface area (Å²) in [5.41, 5.74) is 0.956. The average molecular weight is 360 g/mol. The van der Waals surface area contributed by atoms with Crippen molar-refractivity contribution < 1.29 is 13.2 Å². The highest BCUT2D eigenvalue weighted by molar-refractivity contribution is 7.89. The molecule has 0 unspecified atom stereocenters. The van der Waals surface area contributed by atoms with Crippen molar-refractivity contribution in [2.75, 3.05) is 39.3 Å². The molecule has 0 radical (unpaired) electrons. The van der Waals surface area contributed by atoms with Crippen molar-refractivity contribution in [3.05, 3.63) is 60.2 Å². The van der Waals surface area contributed by atoms with E-state index in [2.05, 4.69) is 4.90 Å². The molecule has 1 saturated heterocycles. The van der Waals surface area contributed by atoms with E-state index in [1.165, 1.54) is 0 Å². The molecule has 0 aromatic heterocycles. The molecule has 3 rings (SSSR count). The van der Waals surface area contributed by atoms with Gasteiger partial charge in [-0.2, -0.15) is 4.31 Å². The van der Waals surface area contributed by atoms with Gasteiger partial charge in [0, 0.05) is 32.7 Å². The summed E-state index contributed by atoms with van der Waals surface area (Å²) in [7, 11) is -3.40. The van der Waals surface area contributed by atoms with E-state index >= 15 is 0 Å². The smallest absolute Gasteiger partial charge is 0.243 e. The van der Waals surface area contributed by atoms with Crippen molar-refractivity contribution in [3.63, 3.8) is 0 Å². The summed E-state index contributed by atoms with van der Waals surface area (Å²) < 4.78 is 32.7. The number of sulfonamides is 1. The number of hydrogen-bond donors (Lipinski definition) is 0. The van der Waals surface area contributed by atoms with Crippen LogP contribution in [0.5, 0.6) is 5.75 Å². The van der Waals surface area contributed by atoms with E-state index in [-0.39, 0.29) is 0 Å². The molecule has 0 spiro atoms. The lowest BCUT2D eigenvalue weighted by molar-refractivity contribution is 0.159. The summed E-state index contributed by atoms with van der Waals surface area (Å²) >= 11 is 0. The first-order valence-electron chi connectivity index (χ1n) is 8.53. The largest absolute Gasteiger partial charge is 0.492 e. The highest BCUT2D eigenvalue weighted by Crippen LogP contribution is 2.18. The molecule has 2 aromatic carbocycles. The molecular weight excluding hydrogens is 336 g/mol. The molecule has 0 atom stereocenters. The molecule has 0 N–H and O–H groups in total. The highest BCUT2D eigenvalue weighted by atomic mass is 32.2. The quantitative estimate of drug-likeness (QED) is 0.794. The fourth-order valence-corrected chi connectivity index (χ4v) is 4.46. The van der Waals surface area contributed by atoms with Gasteiger partial charge < -0.3 is 4.74 Å². The topological polar surface area (TPSA) is 49.9 Å². The van der Waals surface area contributed by atoms with Crippen molar-refractivity contribution in [2.45, 2.75) is 11.8 Å². The van der Waals surface area contributed by atoms with Crippen LogP contribution in [-0.2, 0) is 10.0 Å². The molecule has 5 nitrogen and oxygen atoms in total. The first-order chi connectivity index (χ1) is 12.1. The van der Waals surface area contributed by atoms with E-state index in [4.69, 9.17) is 4.74 Å². The standard InChI is InChI=1S/C19H24N2O3S/c1-17-6-5-9-19(16-17)25(22,23)21-12-10-20(11-13-21)14-15-24-18-7-3-2-4-8-18/h2-9,16H,10-15H2,1H3. The Balaban J connectivity index is 1.50. The molecule has 0 saturated carbocycles. The molecule has 134 valence electrons. The average Bonchev–Trinajstić information content (AvgIpc) is 2.63. The molecular formula is C19H24N2O3S. The van der Waals surface area contributed by atoms with Crippen LogP contribution in [0.4, 0.5) is 0 Å². The minimum atomic E-state index is -3.40. The van der Waals surface area contributed by atoms with Crippen LogP contribution in [-0.4, -0.2) is 57.0 Å². The maximum atomic E-state index is 12.7. The molecule has 6 heteroatoms. The number of rotatable bonds is 6. The molecule has 0 bridgehead atoms. The van der Waals surface area contributed by atoms with Crippen molar-refractivity contribution in [1.82, 2.24) is 9.21 Å². The second-order valence-corrected chi connectivity index (χ2v) is 8.16. The van der Waals surface area contributed by atoms with E-state index < -0.39 is 10.0 Å². The number of piperazine rings is 1. The van der Waals surface area contributed by atoms with Crippen LogP contribution in [0, 0.1) is 6.92 Å². The summed E-state index contributed by atoms with van der Waals surface area (Å²) in [5, 5.41) is 0. The van der Waals surface area contributed by atoms with E-state index in [1.807, 2.05) is 43.3 Å². The van der Waals surface area contributed by atoms with Crippen LogP contribution in [0.2, 0.25) is 0 Å². The Morgan fingerprint density at radius 2 is 1.68 bits per heavy atom. The second kappa shape index (κ2) is 7.99. The van der Waals surface area contributed by atoms with Gasteiger partial charge >= 0.3 is 0 Å². The summed E-state index contributed by atoms with van der Waals surface area (Å²) in [6, 6.07) is 16.8. The lowest BCUT2D eigenvalue weighted by Crippen LogP contribution is -2.49. The molecule has 0 amide bonds. The van der Waals surface area contributed by atoms with Gasteiger partial charge in [0.2, 0.25) is 10.0 Å². The predicted octanol–water partition coefficient (Wildman–Crippen LogP) is 2.38. The number of hydrogen-bond acceptors (Lipinski definition) is 4. The third-order valence-electron chi connectivity index (χ3n) is 4.38. The molecule has 1 aliphatic rings. The van der Waals surface area contributed by atoms with Crippen LogP contribution < -0.4 is 4.74 Å². The lowest BCUT2D eigenvalue weighted by Gasteiger charge is -2.33. The van der Waals surface area contributed by atoms with E-state index in [0.717, 1.165) is 30.9 Å². The van der Waals surface area contributed by atoms with Gasteiger partial charge in [0.1, 0.15) is 12.4 Å². The SMILES string of the molecule is Cc1cccc(S(=O)(=O)N2CCN(CCOc3ccccc3)CC2)c1. The Kier molecular flexibility index (Phi) is 5.73. The van der Waals surface area contributed by atoms with Gasteiger partial charge in [-0.3, -0.25) is 4.90 Å². The summed E-state index contributed by atoms with van der Waals surface area (Å²) in [5.74, 6) is 0.864. The first-order valence-corrected chi connectivity index (χ1v) is 9.97. The van der Waals surface area contributed by atoms with Crippen LogP contribution in [0.25, 0.3) is 0 Å². The first kappa shape index (κ1) is 17.9. The minimum absolute atomic E-state index is 0.383. The molecule has 1 heterocycles. The van der Waals surface area contributed by atoms with Crippen LogP contribution in [0.15, 0.2) is 59.5 Å². The van der Waals surface area contributed by atoms with E-state index in [0.29, 0.717) is 24.6 Å². The number of para-hydroxylation sites is 1. The number of nitrogens with zero attached hydrogens (tertiary/aromatic N) is 2. The number of benzene rings is 2. The molecule has 2 aromatic rings. The summed E-state index contributed by atoms with van der Waals surface area (Å²) in [6.45, 7) is 5.79. The fourth-order valence-electron chi connectivity index (χ4n) is 2.93. The second-order valence-electron chi connectivity index (χ2n) is 6.22. The van der Waals surface area contributed by atoms with Gasteiger partial charge in [-0.1, -0.05) is 30.3 Å². The van der Waals surface area contributed by atoms with Crippen LogP contribution >= 0.6 is 0 Å². The molecule has 25 heavy (non-hydrogen) atoms. The van der Waals surface area contributed by atoms with E-state index in [1.54, 1.807) is 22.5 Å². The maximum absolute atomic E-state index is 12.7. The number of ether oxygens (including phenoxy) is 1. The van der Waals surface area contributed by atoms with Crippen LogP contribution in [0.3, 0.4) is 0 Å². The Bertz CT molecular complexity index is 785. The summed E-state index contributed by atoms with van der Waals surface area (Å²) in [6.07, 6.45) is 0. The van der Waals surface area contributed by atoms with Gasteiger partial charge in [-0.15, -0.1) is 0 Å². The molecule has 0 aliphatic carbocycles. The monoisotopic (exact) mass is 360 g/mol. The maximum Gasteiger partial charge on any atom is 0.243 e. The Labute approximate surface area is 149 Å². The van der Waals surface area contributed by atoms with Gasteiger partial charge in [0.05, 0.1) is 4.90 Å². The van der Waals surface area contributed by atoms with Crippen molar-refractivity contribution in [1.29, 1.82) is 0 Å². The lowest BCUT2D eigenvalue weighted by atomic mass is 10.2. The number of aryl methyl sites for hydroxylation is 1. The van der Waals surface area contributed by atoms with Crippen molar-refractivity contribution in [2.24, 2.45) is 0 Å². The van der Waals surface area contributed by atoms with Gasteiger partial charge in [-0.05, 0) is 36.8 Å². The molecule has 1 fully saturated rings. The fraction of sp³-hybridized carbons (Fsp3) is 0.368. The molecule has 1 aliphatic heterocycles. The van der Waals surface area contributed by atoms with Gasteiger partial charge in [0.25, 0.3) is 0 Å². The zero-order valence-electron chi connectivity index (χ0n) is 14.5. The Morgan fingerprint density at radius 1 is 0.960 bits per heavy atom. The summed E-state index contributed by atoms with van der Waals surface area (Å²) in [4.78, 5) is 2.62. The third-order valence-corrected chi connectivity index (χ3v) is 6.27. The van der Waals surface area contributed by atoms with Crippen LogP contribution in [0.1, 0.15) is 5.56 Å². The van der Waals surface area contributed by atoms with Gasteiger partial charge in [0.15, 0.2) is 0 Å². The Hall–Kier alpha value is -1.89. The minimum Gasteiger partial charge on any atom is -0.492 e. The normalized spacial score (nSPS) is 16.7. The third kappa shape index (κ3) is 4.60. The van der Waals surface area contributed by atoms with Crippen molar-refractivity contribution in [3.8, 4) is 5.75 Å². The Morgan fingerprint density at radius 3 is 2.36 bits per heavy atom. The van der Waals surface area contributed by atoms with Gasteiger partial charge in [-0.25, -0.2) is 8.42 Å². The predicted molar refractivity (Wildman–Crippen MR) is 98.3 cm³/mol. The zero-order valence-corrected chi connectivity index (χ0v) is 15.3. The van der Waals surface area contributed by atoms with Crippen molar-refractivity contribution >= 4 is 10.0 Å².